The van der Waals surface area contributed by atoms with Crippen molar-refractivity contribution in [1.82, 2.24) is 0 Å². The average Bonchev–Trinajstić information content (AvgIpc) is 2.19. The Bertz CT molecular complexity index is 323. The van der Waals surface area contributed by atoms with Crippen molar-refractivity contribution in [1.29, 1.82) is 0 Å². The lowest BCUT2D eigenvalue weighted by Gasteiger charge is -2.19. The first-order chi connectivity index (χ1) is 7.04. The molecule has 0 atom stereocenters. The van der Waals surface area contributed by atoms with Crippen LogP contribution in [-0.4, -0.2) is 19.7 Å². The molecule has 0 radical (unpaired) electrons. The normalized spacial score (nSPS) is 10.5. The maximum atomic E-state index is 5.84. The second kappa shape index (κ2) is 4.91. The lowest BCUT2D eigenvalue weighted by Crippen LogP contribution is -2.16. The van der Waals surface area contributed by atoms with Crippen LogP contribution in [0, 0.1) is 0 Å². The smallest absolute Gasteiger partial charge is 0.144 e. The predicted molar refractivity (Wildman–Crippen MR) is 65.6 cm³/mol. The minimum Gasteiger partial charge on any atom is -0.489 e. The van der Waals surface area contributed by atoms with Gasteiger partial charge in [0.05, 0.1) is 11.8 Å². The second-order valence-electron chi connectivity index (χ2n) is 3.90. The van der Waals surface area contributed by atoms with Crippen LogP contribution in [0.5, 0.6) is 5.75 Å². The third-order valence-electron chi connectivity index (χ3n) is 2.27. The zero-order chi connectivity index (χ0) is 11.4. The molecule has 0 fully saturated rings. The first-order valence-corrected chi connectivity index (χ1v) is 5.32. The lowest BCUT2D eigenvalue weighted by atomic mass is 10.2. The summed E-state index contributed by atoms with van der Waals surface area (Å²) in [7, 11) is 2.05. The van der Waals surface area contributed by atoms with E-state index in [1.807, 2.05) is 39.1 Å². The number of ether oxygens (including phenoxy) is 1. The molecule has 84 valence electrons. The zero-order valence-corrected chi connectivity index (χ0v) is 9.95. The molecule has 15 heavy (non-hydrogen) atoms. The Morgan fingerprint density at radius 1 is 1.40 bits per heavy atom. The van der Waals surface area contributed by atoms with E-state index >= 15 is 0 Å². The average molecular weight is 208 g/mol. The molecule has 0 amide bonds. The fourth-order valence-electron chi connectivity index (χ4n) is 1.30. The lowest BCUT2D eigenvalue weighted by molar-refractivity contribution is 0.244. The van der Waals surface area contributed by atoms with E-state index in [4.69, 9.17) is 10.5 Å². The molecule has 0 heterocycles. The number of anilines is 2. The van der Waals surface area contributed by atoms with Gasteiger partial charge in [0.25, 0.3) is 0 Å². The second-order valence-corrected chi connectivity index (χ2v) is 3.90. The molecule has 3 nitrogen and oxygen atoms in total. The van der Waals surface area contributed by atoms with Gasteiger partial charge in [-0.2, -0.15) is 0 Å². The fourth-order valence-corrected chi connectivity index (χ4v) is 1.30. The number of hydrogen-bond donors (Lipinski definition) is 1. The molecule has 1 rings (SSSR count). The Hall–Kier alpha value is -1.38. The third-order valence-corrected chi connectivity index (χ3v) is 2.27. The number of nitrogens with two attached hydrogens (primary N) is 1. The predicted octanol–water partition coefficient (Wildman–Crippen LogP) is 2.51. The summed E-state index contributed by atoms with van der Waals surface area (Å²) in [6, 6.07) is 5.88. The van der Waals surface area contributed by atoms with Gasteiger partial charge in [-0.3, -0.25) is 0 Å². The summed E-state index contributed by atoms with van der Waals surface area (Å²) in [5, 5.41) is 0. The van der Waals surface area contributed by atoms with E-state index in [-0.39, 0.29) is 6.10 Å². The molecule has 0 saturated carbocycles. The van der Waals surface area contributed by atoms with E-state index in [0.717, 1.165) is 18.0 Å². The number of nitrogens with zero attached hydrogens (tertiary/aromatic N) is 1. The van der Waals surface area contributed by atoms with Crippen molar-refractivity contribution in [3.05, 3.63) is 18.2 Å². The van der Waals surface area contributed by atoms with Crippen LogP contribution in [0.3, 0.4) is 0 Å². The molecule has 2 N–H and O–H groups in total. The Labute approximate surface area is 91.8 Å². The maximum Gasteiger partial charge on any atom is 0.144 e. The van der Waals surface area contributed by atoms with E-state index in [9.17, 15) is 0 Å². The van der Waals surface area contributed by atoms with Crippen molar-refractivity contribution in [3.63, 3.8) is 0 Å². The summed E-state index contributed by atoms with van der Waals surface area (Å²) >= 11 is 0. The molecule has 0 spiro atoms. The van der Waals surface area contributed by atoms with Gasteiger partial charge >= 0.3 is 0 Å². The van der Waals surface area contributed by atoms with E-state index in [1.165, 1.54) is 0 Å². The summed E-state index contributed by atoms with van der Waals surface area (Å²) in [5.74, 6) is 0.766. The molecular formula is C12H20N2O. The van der Waals surface area contributed by atoms with E-state index in [1.54, 1.807) is 0 Å². The SMILES string of the molecule is CCN(C)c1ccc(N)c(OC(C)C)c1. The standard InChI is InChI=1S/C12H20N2O/c1-5-14(4)10-6-7-11(13)12(8-10)15-9(2)3/h6-9H,5,13H2,1-4H3. The van der Waals surface area contributed by atoms with Gasteiger partial charge in [-0.25, -0.2) is 0 Å². The first kappa shape index (κ1) is 11.7. The summed E-state index contributed by atoms with van der Waals surface area (Å²) in [4.78, 5) is 2.15. The first-order valence-electron chi connectivity index (χ1n) is 5.32. The molecule has 1 aromatic carbocycles. The highest BCUT2D eigenvalue weighted by Gasteiger charge is 2.06. The quantitative estimate of drug-likeness (QED) is 0.773. The van der Waals surface area contributed by atoms with Crippen molar-refractivity contribution in [2.75, 3.05) is 24.2 Å². The van der Waals surface area contributed by atoms with Crippen molar-refractivity contribution < 1.29 is 4.74 Å². The monoisotopic (exact) mass is 208 g/mol. The Morgan fingerprint density at radius 2 is 2.07 bits per heavy atom. The highest BCUT2D eigenvalue weighted by Crippen LogP contribution is 2.27. The van der Waals surface area contributed by atoms with Crippen LogP contribution in [0.25, 0.3) is 0 Å². The fraction of sp³-hybridized carbons (Fsp3) is 0.500. The number of benzene rings is 1. The van der Waals surface area contributed by atoms with Crippen LogP contribution in [0.1, 0.15) is 20.8 Å². The summed E-state index contributed by atoms with van der Waals surface area (Å²) in [6.45, 7) is 7.07. The van der Waals surface area contributed by atoms with Gasteiger partial charge < -0.3 is 15.4 Å². The van der Waals surface area contributed by atoms with Crippen molar-refractivity contribution in [2.45, 2.75) is 26.9 Å². The number of nitrogen functional groups attached to an aromatic ring is 1. The Kier molecular flexibility index (Phi) is 3.83. The molecule has 0 aromatic heterocycles. The summed E-state index contributed by atoms with van der Waals surface area (Å²) in [5.41, 5.74) is 7.65. The molecule has 0 unspecified atom stereocenters. The van der Waals surface area contributed by atoms with Crippen LogP contribution in [-0.2, 0) is 0 Å². The Morgan fingerprint density at radius 3 is 2.60 bits per heavy atom. The molecule has 0 aliphatic heterocycles. The minimum absolute atomic E-state index is 0.148. The maximum absolute atomic E-state index is 5.84. The van der Waals surface area contributed by atoms with Crippen molar-refractivity contribution in [2.24, 2.45) is 0 Å². The highest BCUT2D eigenvalue weighted by atomic mass is 16.5. The molecule has 1 aromatic rings. The van der Waals surface area contributed by atoms with Gasteiger partial charge in [0.2, 0.25) is 0 Å². The third kappa shape index (κ3) is 3.05. The highest BCUT2D eigenvalue weighted by molar-refractivity contribution is 5.62. The molecule has 0 saturated heterocycles. The zero-order valence-electron chi connectivity index (χ0n) is 9.95. The van der Waals surface area contributed by atoms with Gasteiger partial charge in [0.1, 0.15) is 5.75 Å². The Balaban J connectivity index is 2.94. The molecule has 3 heteroatoms. The van der Waals surface area contributed by atoms with Crippen LogP contribution in [0.4, 0.5) is 11.4 Å². The topological polar surface area (TPSA) is 38.5 Å². The van der Waals surface area contributed by atoms with E-state index in [0.29, 0.717) is 5.69 Å². The van der Waals surface area contributed by atoms with E-state index < -0.39 is 0 Å². The van der Waals surface area contributed by atoms with Gasteiger partial charge in [-0.1, -0.05) is 0 Å². The summed E-state index contributed by atoms with van der Waals surface area (Å²) < 4.78 is 5.63. The van der Waals surface area contributed by atoms with Gasteiger partial charge in [-0.15, -0.1) is 0 Å². The molecular weight excluding hydrogens is 188 g/mol. The van der Waals surface area contributed by atoms with Gasteiger partial charge in [0.15, 0.2) is 0 Å². The number of rotatable bonds is 4. The molecule has 0 aliphatic carbocycles. The minimum atomic E-state index is 0.148. The van der Waals surface area contributed by atoms with Crippen molar-refractivity contribution >= 4 is 11.4 Å². The van der Waals surface area contributed by atoms with Crippen LogP contribution in [0.15, 0.2) is 18.2 Å². The summed E-state index contributed by atoms with van der Waals surface area (Å²) in [6.07, 6.45) is 0.148. The number of hydrogen-bond acceptors (Lipinski definition) is 3. The van der Waals surface area contributed by atoms with Crippen LogP contribution >= 0.6 is 0 Å². The van der Waals surface area contributed by atoms with E-state index in [2.05, 4.69) is 11.8 Å². The van der Waals surface area contributed by atoms with Crippen LogP contribution < -0.4 is 15.4 Å². The van der Waals surface area contributed by atoms with Crippen LogP contribution in [0.2, 0.25) is 0 Å². The van der Waals surface area contributed by atoms with Crippen molar-refractivity contribution in [3.8, 4) is 5.75 Å². The van der Waals surface area contributed by atoms with Gasteiger partial charge in [0, 0.05) is 25.3 Å². The largest absolute Gasteiger partial charge is 0.489 e. The molecule has 0 aliphatic rings. The molecule has 0 bridgehead atoms. The van der Waals surface area contributed by atoms with Gasteiger partial charge in [-0.05, 0) is 32.9 Å².